The SMILES string of the molecule is CC(C)(C)S(=O)(=O)N=C1C=CCC1. The van der Waals surface area contributed by atoms with Crippen molar-refractivity contribution in [1.29, 1.82) is 0 Å². The molecule has 0 aromatic rings. The van der Waals surface area contributed by atoms with Crippen molar-refractivity contribution in [3.05, 3.63) is 12.2 Å². The van der Waals surface area contributed by atoms with Crippen LogP contribution in [0.5, 0.6) is 0 Å². The predicted molar refractivity (Wildman–Crippen MR) is 54.5 cm³/mol. The quantitative estimate of drug-likeness (QED) is 0.650. The van der Waals surface area contributed by atoms with Crippen LogP contribution < -0.4 is 0 Å². The first-order chi connectivity index (χ1) is 5.83. The number of sulfonamides is 1. The van der Waals surface area contributed by atoms with E-state index in [0.29, 0.717) is 5.71 Å². The fourth-order valence-corrected chi connectivity index (χ4v) is 1.64. The minimum Gasteiger partial charge on any atom is -0.204 e. The van der Waals surface area contributed by atoms with Crippen molar-refractivity contribution >= 4 is 15.7 Å². The summed E-state index contributed by atoms with van der Waals surface area (Å²) in [7, 11) is -3.34. The lowest BCUT2D eigenvalue weighted by molar-refractivity contribution is 0.562. The molecule has 0 saturated carbocycles. The lowest BCUT2D eigenvalue weighted by Crippen LogP contribution is -2.26. The molecule has 0 atom stereocenters. The Kier molecular flexibility index (Phi) is 2.61. The number of allylic oxidation sites excluding steroid dienone is 2. The van der Waals surface area contributed by atoms with Gasteiger partial charge in [0.15, 0.2) is 0 Å². The molecule has 0 heterocycles. The molecule has 1 aliphatic carbocycles. The molecular weight excluding hydrogens is 186 g/mol. The molecule has 0 aromatic heterocycles. The maximum atomic E-state index is 11.6. The third kappa shape index (κ3) is 2.40. The molecule has 1 aliphatic rings. The van der Waals surface area contributed by atoms with Crippen LogP contribution in [0.25, 0.3) is 0 Å². The normalized spacial score (nSPS) is 21.3. The third-order valence-electron chi connectivity index (χ3n) is 1.89. The Morgan fingerprint density at radius 3 is 2.38 bits per heavy atom. The van der Waals surface area contributed by atoms with Gasteiger partial charge in [-0.3, -0.25) is 0 Å². The fourth-order valence-electron chi connectivity index (χ4n) is 0.901. The minimum absolute atomic E-state index is 0.676. The van der Waals surface area contributed by atoms with Crippen molar-refractivity contribution in [1.82, 2.24) is 0 Å². The van der Waals surface area contributed by atoms with E-state index >= 15 is 0 Å². The van der Waals surface area contributed by atoms with Crippen molar-refractivity contribution in [2.24, 2.45) is 4.40 Å². The van der Waals surface area contributed by atoms with E-state index in [-0.39, 0.29) is 0 Å². The molecule has 0 bridgehead atoms. The molecule has 74 valence electrons. The van der Waals surface area contributed by atoms with Gasteiger partial charge in [-0.15, -0.1) is 0 Å². The lowest BCUT2D eigenvalue weighted by atomic mass is 10.3. The molecule has 0 spiro atoms. The highest BCUT2D eigenvalue weighted by Crippen LogP contribution is 2.19. The lowest BCUT2D eigenvalue weighted by Gasteiger charge is -2.15. The number of nitrogens with zero attached hydrogens (tertiary/aromatic N) is 1. The maximum absolute atomic E-state index is 11.6. The van der Waals surface area contributed by atoms with E-state index in [1.165, 1.54) is 0 Å². The summed E-state index contributed by atoms with van der Waals surface area (Å²) in [5.74, 6) is 0. The van der Waals surface area contributed by atoms with Crippen LogP contribution in [0.15, 0.2) is 16.5 Å². The summed E-state index contributed by atoms with van der Waals surface area (Å²) >= 11 is 0. The van der Waals surface area contributed by atoms with Crippen LogP contribution in [0.1, 0.15) is 33.6 Å². The predicted octanol–water partition coefficient (Wildman–Crippen LogP) is 1.91. The molecule has 0 N–H and O–H groups in total. The Morgan fingerprint density at radius 1 is 1.38 bits per heavy atom. The summed E-state index contributed by atoms with van der Waals surface area (Å²) < 4.78 is 26.2. The summed E-state index contributed by atoms with van der Waals surface area (Å²) in [6.07, 6.45) is 5.37. The Labute approximate surface area is 79.6 Å². The van der Waals surface area contributed by atoms with Gasteiger partial charge in [-0.25, -0.2) is 8.42 Å². The average molecular weight is 201 g/mol. The first-order valence-electron chi connectivity index (χ1n) is 4.33. The molecule has 0 aromatic carbocycles. The zero-order valence-corrected chi connectivity index (χ0v) is 9.06. The largest absolute Gasteiger partial charge is 0.258 e. The summed E-state index contributed by atoms with van der Waals surface area (Å²) in [5.41, 5.74) is 0.676. The minimum atomic E-state index is -3.34. The Balaban J connectivity index is 2.97. The van der Waals surface area contributed by atoms with Gasteiger partial charge in [0.25, 0.3) is 10.0 Å². The molecule has 0 radical (unpaired) electrons. The second-order valence-electron chi connectivity index (χ2n) is 4.11. The van der Waals surface area contributed by atoms with E-state index < -0.39 is 14.8 Å². The van der Waals surface area contributed by atoms with E-state index in [1.807, 2.05) is 6.08 Å². The average Bonchev–Trinajstić information content (AvgIpc) is 2.35. The van der Waals surface area contributed by atoms with E-state index in [4.69, 9.17) is 0 Å². The summed E-state index contributed by atoms with van der Waals surface area (Å²) in [4.78, 5) is 0. The van der Waals surface area contributed by atoms with Crippen LogP contribution in [0.2, 0.25) is 0 Å². The highest BCUT2D eigenvalue weighted by atomic mass is 32.2. The smallest absolute Gasteiger partial charge is 0.204 e. The zero-order valence-electron chi connectivity index (χ0n) is 8.24. The monoisotopic (exact) mass is 201 g/mol. The van der Waals surface area contributed by atoms with Crippen molar-refractivity contribution in [2.75, 3.05) is 0 Å². The van der Waals surface area contributed by atoms with Gasteiger partial charge in [-0.05, 0) is 39.7 Å². The molecule has 4 heteroatoms. The Bertz CT molecular complexity index is 344. The first kappa shape index (κ1) is 10.4. The first-order valence-corrected chi connectivity index (χ1v) is 5.77. The molecule has 0 amide bonds. The van der Waals surface area contributed by atoms with Gasteiger partial charge in [0, 0.05) is 0 Å². The van der Waals surface area contributed by atoms with Gasteiger partial charge in [0.2, 0.25) is 0 Å². The van der Waals surface area contributed by atoms with E-state index in [2.05, 4.69) is 4.40 Å². The molecule has 0 aliphatic heterocycles. The zero-order chi connectivity index (χ0) is 10.1. The highest BCUT2D eigenvalue weighted by Gasteiger charge is 2.28. The van der Waals surface area contributed by atoms with Crippen LogP contribution in [-0.2, 0) is 10.0 Å². The molecule has 0 fully saturated rings. The van der Waals surface area contributed by atoms with Gasteiger partial charge < -0.3 is 0 Å². The van der Waals surface area contributed by atoms with Crippen LogP contribution in [0, 0.1) is 0 Å². The second-order valence-corrected chi connectivity index (χ2v) is 6.47. The number of hydrogen-bond acceptors (Lipinski definition) is 2. The van der Waals surface area contributed by atoms with Gasteiger partial charge in [-0.1, -0.05) is 6.08 Å². The third-order valence-corrected chi connectivity index (χ3v) is 3.91. The van der Waals surface area contributed by atoms with E-state index in [9.17, 15) is 8.42 Å². The van der Waals surface area contributed by atoms with Gasteiger partial charge in [0.1, 0.15) is 0 Å². The van der Waals surface area contributed by atoms with Crippen LogP contribution in [-0.4, -0.2) is 18.9 Å². The molecule has 0 saturated heterocycles. The topological polar surface area (TPSA) is 46.5 Å². The van der Waals surface area contributed by atoms with E-state index in [0.717, 1.165) is 12.8 Å². The summed E-state index contributed by atoms with van der Waals surface area (Å²) in [6.45, 7) is 4.97. The second kappa shape index (κ2) is 3.25. The Morgan fingerprint density at radius 2 is 2.00 bits per heavy atom. The molecule has 3 nitrogen and oxygen atoms in total. The van der Waals surface area contributed by atoms with Gasteiger partial charge in [0.05, 0.1) is 10.5 Å². The van der Waals surface area contributed by atoms with Crippen LogP contribution in [0.4, 0.5) is 0 Å². The van der Waals surface area contributed by atoms with Crippen LogP contribution >= 0.6 is 0 Å². The summed E-state index contributed by atoms with van der Waals surface area (Å²) in [5, 5.41) is 0. The molecule has 13 heavy (non-hydrogen) atoms. The van der Waals surface area contributed by atoms with Crippen molar-refractivity contribution in [2.45, 2.75) is 38.4 Å². The molecule has 0 unspecified atom stereocenters. The van der Waals surface area contributed by atoms with E-state index in [1.54, 1.807) is 26.8 Å². The standard InChI is InChI=1S/C9H15NO2S/c1-9(2,3)13(11,12)10-8-6-4-5-7-8/h4,6H,5,7H2,1-3H3. The summed E-state index contributed by atoms with van der Waals surface area (Å²) in [6, 6.07) is 0. The molecular formula is C9H15NO2S. The van der Waals surface area contributed by atoms with Crippen molar-refractivity contribution in [3.63, 3.8) is 0 Å². The molecule has 1 rings (SSSR count). The van der Waals surface area contributed by atoms with Crippen molar-refractivity contribution in [3.8, 4) is 0 Å². The van der Waals surface area contributed by atoms with Crippen molar-refractivity contribution < 1.29 is 8.42 Å². The van der Waals surface area contributed by atoms with Gasteiger partial charge >= 0.3 is 0 Å². The number of hydrogen-bond donors (Lipinski definition) is 0. The maximum Gasteiger partial charge on any atom is 0.258 e. The number of rotatable bonds is 1. The Hall–Kier alpha value is -0.640. The fraction of sp³-hybridized carbons (Fsp3) is 0.667. The van der Waals surface area contributed by atoms with Crippen LogP contribution in [0.3, 0.4) is 0 Å². The highest BCUT2D eigenvalue weighted by molar-refractivity contribution is 7.91. The van der Waals surface area contributed by atoms with Gasteiger partial charge in [-0.2, -0.15) is 4.40 Å².